The van der Waals surface area contributed by atoms with Crippen LogP contribution in [0.25, 0.3) is 11.3 Å². The zero-order valence-electron chi connectivity index (χ0n) is 11.0. The summed E-state index contributed by atoms with van der Waals surface area (Å²) in [7, 11) is 0. The Hall–Kier alpha value is -1.70. The Balaban J connectivity index is 1.71. The third-order valence-electron chi connectivity index (χ3n) is 4.93. The van der Waals surface area contributed by atoms with Crippen molar-refractivity contribution in [3.05, 3.63) is 48.4 Å². The first-order valence-corrected chi connectivity index (χ1v) is 7.29. The van der Waals surface area contributed by atoms with Gasteiger partial charge >= 0.3 is 0 Å². The first-order valence-electron chi connectivity index (χ1n) is 7.29. The van der Waals surface area contributed by atoms with Crippen LogP contribution in [0.2, 0.25) is 0 Å². The number of benzene rings is 1. The maximum absolute atomic E-state index is 4.58. The minimum absolute atomic E-state index is 0.700. The monoisotopic (exact) mass is 250 g/mol. The molecule has 2 saturated carbocycles. The zero-order valence-corrected chi connectivity index (χ0v) is 11.0. The molecule has 19 heavy (non-hydrogen) atoms. The summed E-state index contributed by atoms with van der Waals surface area (Å²) >= 11 is 0. The Bertz CT molecular complexity index is 559. The SMILES string of the molecule is c1ccc(-c2cc(C3C4CCC3CC4)ncn2)cc1. The number of hydrogen-bond donors (Lipinski definition) is 0. The minimum atomic E-state index is 0.700. The van der Waals surface area contributed by atoms with Crippen LogP contribution in [0.3, 0.4) is 0 Å². The summed E-state index contributed by atoms with van der Waals surface area (Å²) in [6.07, 6.45) is 7.36. The highest BCUT2D eigenvalue weighted by molar-refractivity contribution is 5.58. The van der Waals surface area contributed by atoms with E-state index in [0.29, 0.717) is 5.92 Å². The van der Waals surface area contributed by atoms with Crippen LogP contribution in [0.15, 0.2) is 42.7 Å². The molecule has 2 nitrogen and oxygen atoms in total. The van der Waals surface area contributed by atoms with Crippen LogP contribution in [0.4, 0.5) is 0 Å². The fraction of sp³-hybridized carbons (Fsp3) is 0.412. The molecule has 0 amide bonds. The van der Waals surface area contributed by atoms with Gasteiger partial charge in [0.15, 0.2) is 0 Å². The van der Waals surface area contributed by atoms with Crippen molar-refractivity contribution >= 4 is 0 Å². The van der Waals surface area contributed by atoms with E-state index in [2.05, 4.69) is 40.3 Å². The van der Waals surface area contributed by atoms with Gasteiger partial charge in [0.1, 0.15) is 6.33 Å². The molecule has 4 rings (SSSR count). The Labute approximate surface area is 113 Å². The average Bonchev–Trinajstić information content (AvgIpc) is 3.08. The second-order valence-corrected chi connectivity index (χ2v) is 5.89. The number of hydrogen-bond acceptors (Lipinski definition) is 2. The molecule has 1 aromatic carbocycles. The lowest BCUT2D eigenvalue weighted by Gasteiger charge is -2.15. The van der Waals surface area contributed by atoms with E-state index in [9.17, 15) is 0 Å². The van der Waals surface area contributed by atoms with Crippen molar-refractivity contribution in [3.8, 4) is 11.3 Å². The van der Waals surface area contributed by atoms with Gasteiger partial charge in [0.2, 0.25) is 0 Å². The second-order valence-electron chi connectivity index (χ2n) is 5.89. The molecule has 2 aliphatic carbocycles. The van der Waals surface area contributed by atoms with Crippen LogP contribution in [-0.2, 0) is 0 Å². The molecule has 2 aliphatic rings. The van der Waals surface area contributed by atoms with Crippen molar-refractivity contribution in [1.29, 1.82) is 0 Å². The van der Waals surface area contributed by atoms with E-state index in [1.807, 2.05) is 6.07 Å². The number of fused-ring (bicyclic) bond motifs is 2. The summed E-state index contributed by atoms with van der Waals surface area (Å²) in [6.45, 7) is 0. The predicted molar refractivity (Wildman–Crippen MR) is 75.7 cm³/mol. The number of rotatable bonds is 2. The summed E-state index contributed by atoms with van der Waals surface area (Å²) in [5.74, 6) is 2.46. The summed E-state index contributed by atoms with van der Waals surface area (Å²) in [5.41, 5.74) is 3.53. The first kappa shape index (κ1) is 11.2. The van der Waals surface area contributed by atoms with Crippen molar-refractivity contribution in [2.24, 2.45) is 11.8 Å². The smallest absolute Gasteiger partial charge is 0.116 e. The van der Waals surface area contributed by atoms with Crippen molar-refractivity contribution in [1.82, 2.24) is 9.97 Å². The van der Waals surface area contributed by atoms with Gasteiger partial charge in [0.05, 0.1) is 5.69 Å². The lowest BCUT2D eigenvalue weighted by atomic mass is 9.93. The molecule has 1 aromatic heterocycles. The standard InChI is InChI=1S/C17H18N2/c1-2-4-12(5-3-1)15-10-16(19-11-18-15)17-13-6-7-14(17)9-8-13/h1-5,10-11,13-14,17H,6-9H2. The van der Waals surface area contributed by atoms with Crippen LogP contribution >= 0.6 is 0 Å². The Morgan fingerprint density at radius 1 is 0.842 bits per heavy atom. The van der Waals surface area contributed by atoms with E-state index in [0.717, 1.165) is 17.5 Å². The zero-order chi connectivity index (χ0) is 12.7. The van der Waals surface area contributed by atoms with Gasteiger partial charge in [0.25, 0.3) is 0 Å². The number of aromatic nitrogens is 2. The predicted octanol–water partition coefficient (Wildman–Crippen LogP) is 4.05. The van der Waals surface area contributed by atoms with Crippen LogP contribution in [-0.4, -0.2) is 9.97 Å². The lowest BCUT2D eigenvalue weighted by molar-refractivity contribution is 0.480. The van der Waals surface area contributed by atoms with Crippen LogP contribution in [0.1, 0.15) is 37.3 Å². The first-order chi connectivity index (χ1) is 9.42. The van der Waals surface area contributed by atoms with E-state index in [1.54, 1.807) is 6.33 Å². The van der Waals surface area contributed by atoms with E-state index in [1.165, 1.54) is 36.9 Å². The Morgan fingerprint density at radius 2 is 1.53 bits per heavy atom. The molecule has 2 heteroatoms. The highest BCUT2D eigenvalue weighted by atomic mass is 14.8. The molecule has 0 radical (unpaired) electrons. The second kappa shape index (κ2) is 4.44. The van der Waals surface area contributed by atoms with Gasteiger partial charge in [-0.05, 0) is 43.6 Å². The quantitative estimate of drug-likeness (QED) is 0.803. The summed E-state index contributed by atoms with van der Waals surface area (Å²) in [4.78, 5) is 9.02. The third kappa shape index (κ3) is 1.86. The van der Waals surface area contributed by atoms with Gasteiger partial charge in [-0.2, -0.15) is 0 Å². The van der Waals surface area contributed by atoms with Gasteiger partial charge in [-0.1, -0.05) is 30.3 Å². The molecular formula is C17H18N2. The van der Waals surface area contributed by atoms with Gasteiger partial charge in [-0.15, -0.1) is 0 Å². The minimum Gasteiger partial charge on any atom is -0.241 e. The molecular weight excluding hydrogens is 232 g/mol. The van der Waals surface area contributed by atoms with Crippen LogP contribution in [0.5, 0.6) is 0 Å². The highest BCUT2D eigenvalue weighted by Gasteiger charge is 2.43. The van der Waals surface area contributed by atoms with E-state index < -0.39 is 0 Å². The molecule has 0 atom stereocenters. The number of nitrogens with zero attached hydrogens (tertiary/aromatic N) is 2. The van der Waals surface area contributed by atoms with Gasteiger partial charge < -0.3 is 0 Å². The fourth-order valence-corrected chi connectivity index (χ4v) is 4.05. The largest absolute Gasteiger partial charge is 0.241 e. The fourth-order valence-electron chi connectivity index (χ4n) is 4.05. The third-order valence-corrected chi connectivity index (χ3v) is 4.93. The molecule has 0 N–H and O–H groups in total. The van der Waals surface area contributed by atoms with E-state index in [-0.39, 0.29) is 0 Å². The van der Waals surface area contributed by atoms with Crippen molar-refractivity contribution in [2.45, 2.75) is 31.6 Å². The molecule has 0 spiro atoms. The molecule has 0 saturated heterocycles. The maximum Gasteiger partial charge on any atom is 0.116 e. The van der Waals surface area contributed by atoms with Crippen molar-refractivity contribution in [3.63, 3.8) is 0 Å². The lowest BCUT2D eigenvalue weighted by Crippen LogP contribution is -2.07. The van der Waals surface area contributed by atoms with Crippen molar-refractivity contribution in [2.75, 3.05) is 0 Å². The van der Waals surface area contributed by atoms with Gasteiger partial charge in [0, 0.05) is 17.2 Å². The summed E-state index contributed by atoms with van der Waals surface area (Å²) < 4.78 is 0. The van der Waals surface area contributed by atoms with Gasteiger partial charge in [-0.25, -0.2) is 9.97 Å². The normalized spacial score (nSPS) is 28.7. The van der Waals surface area contributed by atoms with Crippen LogP contribution < -0.4 is 0 Å². The molecule has 2 aromatic rings. The molecule has 0 unspecified atom stereocenters. The maximum atomic E-state index is 4.58. The van der Waals surface area contributed by atoms with E-state index >= 15 is 0 Å². The molecule has 0 aliphatic heterocycles. The Morgan fingerprint density at radius 3 is 2.21 bits per heavy atom. The molecule has 2 bridgehead atoms. The molecule has 1 heterocycles. The topological polar surface area (TPSA) is 25.8 Å². The Kier molecular flexibility index (Phi) is 2.61. The van der Waals surface area contributed by atoms with Gasteiger partial charge in [-0.3, -0.25) is 0 Å². The molecule has 96 valence electrons. The van der Waals surface area contributed by atoms with Crippen LogP contribution in [0, 0.1) is 11.8 Å². The highest BCUT2D eigenvalue weighted by Crippen LogP contribution is 2.54. The molecule has 2 fully saturated rings. The summed E-state index contributed by atoms with van der Waals surface area (Å²) in [6, 6.07) is 12.6. The summed E-state index contributed by atoms with van der Waals surface area (Å²) in [5, 5.41) is 0. The average molecular weight is 250 g/mol. The van der Waals surface area contributed by atoms with E-state index in [4.69, 9.17) is 0 Å². The van der Waals surface area contributed by atoms with Crippen molar-refractivity contribution < 1.29 is 0 Å².